The molecule has 2 heterocycles. The SMILES string of the molecule is COC(=O)[C@H](C(C)C)N(C)C(=O)N1CCC2(CC1)O[C@H](C)N(C(C)=O)[C@H]2C. The van der Waals surface area contributed by atoms with Crippen molar-refractivity contribution in [2.75, 3.05) is 27.2 Å². The fraction of sp³-hybridized carbons (Fsp3) is 0.842. The van der Waals surface area contributed by atoms with Crippen molar-refractivity contribution in [3.8, 4) is 0 Å². The fourth-order valence-electron chi connectivity index (χ4n) is 4.54. The second kappa shape index (κ2) is 8.04. The molecule has 2 fully saturated rings. The van der Waals surface area contributed by atoms with Gasteiger partial charge in [0.1, 0.15) is 12.3 Å². The van der Waals surface area contributed by atoms with E-state index in [2.05, 4.69) is 0 Å². The predicted molar refractivity (Wildman–Crippen MR) is 99.9 cm³/mol. The molecule has 0 N–H and O–H groups in total. The van der Waals surface area contributed by atoms with E-state index in [1.165, 1.54) is 12.0 Å². The minimum Gasteiger partial charge on any atom is -0.467 e. The normalized spacial score (nSPS) is 25.6. The number of hydrogen-bond acceptors (Lipinski definition) is 5. The zero-order valence-electron chi connectivity index (χ0n) is 17.5. The van der Waals surface area contributed by atoms with E-state index in [0.717, 1.165) is 0 Å². The molecule has 2 aliphatic heterocycles. The summed E-state index contributed by atoms with van der Waals surface area (Å²) >= 11 is 0. The first-order valence-corrected chi connectivity index (χ1v) is 9.62. The van der Waals surface area contributed by atoms with E-state index in [9.17, 15) is 14.4 Å². The van der Waals surface area contributed by atoms with Crippen molar-refractivity contribution in [3.63, 3.8) is 0 Å². The van der Waals surface area contributed by atoms with Gasteiger partial charge in [0.15, 0.2) is 0 Å². The highest BCUT2D eigenvalue weighted by Gasteiger charge is 2.52. The molecule has 8 nitrogen and oxygen atoms in total. The number of likely N-dealkylation sites (N-methyl/N-ethyl adjacent to an activating group) is 1. The van der Waals surface area contributed by atoms with Gasteiger partial charge in [0.2, 0.25) is 5.91 Å². The van der Waals surface area contributed by atoms with Crippen LogP contribution in [0.25, 0.3) is 0 Å². The van der Waals surface area contributed by atoms with Gasteiger partial charge < -0.3 is 24.2 Å². The van der Waals surface area contributed by atoms with E-state index in [1.54, 1.807) is 23.8 Å². The van der Waals surface area contributed by atoms with Gasteiger partial charge in [-0.1, -0.05) is 13.8 Å². The first-order chi connectivity index (χ1) is 12.6. The van der Waals surface area contributed by atoms with E-state index >= 15 is 0 Å². The van der Waals surface area contributed by atoms with E-state index in [0.29, 0.717) is 25.9 Å². The maximum Gasteiger partial charge on any atom is 0.328 e. The number of ether oxygens (including phenoxy) is 2. The zero-order chi connectivity index (χ0) is 20.5. The van der Waals surface area contributed by atoms with Crippen LogP contribution in [-0.2, 0) is 19.1 Å². The topological polar surface area (TPSA) is 79.4 Å². The number of nitrogens with zero attached hydrogens (tertiary/aromatic N) is 3. The van der Waals surface area contributed by atoms with Crippen molar-refractivity contribution in [3.05, 3.63) is 0 Å². The number of carbonyl (C=O) groups excluding carboxylic acids is 3. The monoisotopic (exact) mass is 383 g/mol. The number of amides is 3. The van der Waals surface area contributed by atoms with Crippen molar-refractivity contribution in [1.82, 2.24) is 14.7 Å². The molecule has 0 aromatic carbocycles. The maximum absolute atomic E-state index is 12.9. The van der Waals surface area contributed by atoms with E-state index in [4.69, 9.17) is 9.47 Å². The summed E-state index contributed by atoms with van der Waals surface area (Å²) in [4.78, 5) is 41.9. The summed E-state index contributed by atoms with van der Waals surface area (Å²) in [7, 11) is 2.98. The van der Waals surface area contributed by atoms with Crippen LogP contribution in [0.4, 0.5) is 4.79 Å². The molecular formula is C19H33N3O5. The van der Waals surface area contributed by atoms with Crippen molar-refractivity contribution < 1.29 is 23.9 Å². The largest absolute Gasteiger partial charge is 0.467 e. The number of hydrogen-bond donors (Lipinski definition) is 0. The highest BCUT2D eigenvalue weighted by Crippen LogP contribution is 2.40. The smallest absolute Gasteiger partial charge is 0.328 e. The Balaban J connectivity index is 2.06. The Bertz CT molecular complexity index is 586. The summed E-state index contributed by atoms with van der Waals surface area (Å²) < 4.78 is 11.0. The molecule has 0 radical (unpaired) electrons. The van der Waals surface area contributed by atoms with Crippen LogP contribution in [0.5, 0.6) is 0 Å². The molecule has 0 unspecified atom stereocenters. The molecular weight excluding hydrogens is 350 g/mol. The molecule has 3 amide bonds. The van der Waals surface area contributed by atoms with Crippen LogP contribution >= 0.6 is 0 Å². The summed E-state index contributed by atoms with van der Waals surface area (Å²) in [5.41, 5.74) is -0.416. The highest BCUT2D eigenvalue weighted by molar-refractivity contribution is 5.83. The van der Waals surface area contributed by atoms with E-state index < -0.39 is 17.6 Å². The van der Waals surface area contributed by atoms with Crippen LogP contribution in [0.1, 0.15) is 47.5 Å². The van der Waals surface area contributed by atoms with Gasteiger partial charge in [-0.25, -0.2) is 9.59 Å². The molecule has 2 saturated heterocycles. The van der Waals surface area contributed by atoms with Gasteiger partial charge in [-0.3, -0.25) is 4.79 Å². The molecule has 154 valence electrons. The Hall–Kier alpha value is -1.83. The molecule has 27 heavy (non-hydrogen) atoms. The van der Waals surface area contributed by atoms with Crippen LogP contribution in [0.15, 0.2) is 0 Å². The van der Waals surface area contributed by atoms with E-state index in [1.807, 2.05) is 27.7 Å². The molecule has 0 aromatic rings. The second-order valence-electron chi connectivity index (χ2n) is 7.98. The predicted octanol–water partition coefficient (Wildman–Crippen LogP) is 1.68. The molecule has 0 bridgehead atoms. The highest BCUT2D eigenvalue weighted by atomic mass is 16.5. The van der Waals surface area contributed by atoms with Gasteiger partial charge in [-0.15, -0.1) is 0 Å². The van der Waals surface area contributed by atoms with Crippen LogP contribution in [-0.4, -0.2) is 83.8 Å². The fourth-order valence-corrected chi connectivity index (χ4v) is 4.54. The number of methoxy groups -OCH3 is 1. The van der Waals surface area contributed by atoms with Crippen LogP contribution < -0.4 is 0 Å². The van der Waals surface area contributed by atoms with Gasteiger partial charge in [0.25, 0.3) is 0 Å². The van der Waals surface area contributed by atoms with Crippen molar-refractivity contribution in [2.24, 2.45) is 5.92 Å². The Morgan fingerprint density at radius 1 is 1.19 bits per heavy atom. The van der Waals surface area contributed by atoms with Crippen LogP contribution in [0.2, 0.25) is 0 Å². The molecule has 8 heteroatoms. The minimum absolute atomic E-state index is 0.00275. The summed E-state index contributed by atoms with van der Waals surface area (Å²) in [6.07, 6.45) is 1.06. The molecule has 0 saturated carbocycles. The Labute approximate surface area is 161 Å². The lowest BCUT2D eigenvalue weighted by Gasteiger charge is -2.43. The Kier molecular flexibility index (Phi) is 6.39. The number of esters is 1. The Morgan fingerprint density at radius 2 is 1.74 bits per heavy atom. The molecule has 2 rings (SSSR count). The molecule has 0 aromatic heterocycles. The number of rotatable bonds is 3. The summed E-state index contributed by atoms with van der Waals surface area (Å²) in [5, 5.41) is 0. The minimum atomic E-state index is -0.617. The zero-order valence-corrected chi connectivity index (χ0v) is 17.5. The van der Waals surface area contributed by atoms with Crippen molar-refractivity contribution >= 4 is 17.9 Å². The van der Waals surface area contributed by atoms with Gasteiger partial charge in [0, 0.05) is 27.1 Å². The number of carbonyl (C=O) groups is 3. The summed E-state index contributed by atoms with van der Waals surface area (Å²) in [5.74, 6) is -0.457. The van der Waals surface area contributed by atoms with Crippen LogP contribution in [0.3, 0.4) is 0 Å². The number of urea groups is 1. The van der Waals surface area contributed by atoms with Gasteiger partial charge in [0.05, 0.1) is 18.8 Å². The third-order valence-corrected chi connectivity index (χ3v) is 6.01. The number of piperidine rings is 1. The molecule has 1 spiro atoms. The van der Waals surface area contributed by atoms with Gasteiger partial charge in [-0.2, -0.15) is 0 Å². The molecule has 2 aliphatic rings. The average Bonchev–Trinajstić information content (AvgIpc) is 2.84. The lowest BCUT2D eigenvalue weighted by molar-refractivity contribution is -0.147. The molecule has 0 aliphatic carbocycles. The summed E-state index contributed by atoms with van der Waals surface area (Å²) in [6.45, 7) is 10.3. The van der Waals surface area contributed by atoms with Gasteiger partial charge in [-0.05, 0) is 32.6 Å². The standard InChI is InChI=1S/C19H33N3O5/c1-12(2)16(17(24)26-7)20(6)18(25)21-10-8-19(9-11-21)13(3)22(14(4)23)15(5)27-19/h12-13,15-16H,8-11H2,1-7H3/t13-,15+,16-/m0/s1. The van der Waals surface area contributed by atoms with Crippen molar-refractivity contribution in [1.29, 1.82) is 0 Å². The Morgan fingerprint density at radius 3 is 2.15 bits per heavy atom. The molecule has 3 atom stereocenters. The van der Waals surface area contributed by atoms with Gasteiger partial charge >= 0.3 is 12.0 Å². The number of likely N-dealkylation sites (tertiary alicyclic amines) is 1. The third-order valence-electron chi connectivity index (χ3n) is 6.01. The lowest BCUT2D eigenvalue weighted by Crippen LogP contribution is -2.57. The first kappa shape index (κ1) is 21.5. The second-order valence-corrected chi connectivity index (χ2v) is 7.98. The maximum atomic E-state index is 12.9. The van der Waals surface area contributed by atoms with E-state index in [-0.39, 0.29) is 30.1 Å². The third kappa shape index (κ3) is 3.90. The lowest BCUT2D eigenvalue weighted by atomic mass is 9.85. The first-order valence-electron chi connectivity index (χ1n) is 9.62. The van der Waals surface area contributed by atoms with Crippen molar-refractivity contribution in [2.45, 2.75) is 71.4 Å². The average molecular weight is 383 g/mol. The summed E-state index contributed by atoms with van der Waals surface area (Å²) in [6, 6.07) is -0.831. The quantitative estimate of drug-likeness (QED) is 0.693. The van der Waals surface area contributed by atoms with Crippen LogP contribution in [0, 0.1) is 5.92 Å².